The molecule has 0 radical (unpaired) electrons. The fraction of sp³-hybridized carbons (Fsp3) is 0.125. The van der Waals surface area contributed by atoms with E-state index in [9.17, 15) is 18.0 Å². The van der Waals surface area contributed by atoms with Gasteiger partial charge in [0.05, 0.1) is 23.9 Å². The van der Waals surface area contributed by atoms with Crippen LogP contribution in [0.5, 0.6) is 5.75 Å². The van der Waals surface area contributed by atoms with E-state index in [1.54, 1.807) is 66.7 Å². The molecule has 0 aromatic heterocycles. The molecule has 0 aliphatic carbocycles. The van der Waals surface area contributed by atoms with E-state index in [0.717, 1.165) is 7.88 Å². The van der Waals surface area contributed by atoms with Crippen LogP contribution in [0.4, 0.5) is 5.69 Å². The maximum absolute atomic E-state index is 13.3. The molecule has 0 atom stereocenters. The van der Waals surface area contributed by atoms with Gasteiger partial charge in [-0.2, -0.15) is 5.10 Å². The highest BCUT2D eigenvalue weighted by atomic mass is 127. The predicted molar refractivity (Wildman–Crippen MR) is 140 cm³/mol. The largest absolute Gasteiger partial charge is 0.482 e. The van der Waals surface area contributed by atoms with Crippen molar-refractivity contribution in [3.8, 4) is 5.75 Å². The maximum atomic E-state index is 13.3. The van der Waals surface area contributed by atoms with Crippen molar-refractivity contribution in [2.24, 2.45) is 5.10 Å². The number of nitrogens with zero attached hydrogens (tertiary/aromatic N) is 2. The van der Waals surface area contributed by atoms with Gasteiger partial charge in [-0.1, -0.05) is 30.3 Å². The molecule has 9 nitrogen and oxygen atoms in total. The summed E-state index contributed by atoms with van der Waals surface area (Å²) in [7, 11) is -2.73. The molecule has 0 saturated heterocycles. The van der Waals surface area contributed by atoms with E-state index in [1.165, 1.54) is 25.5 Å². The number of hydrogen-bond acceptors (Lipinski definition) is 7. The fourth-order valence-electron chi connectivity index (χ4n) is 2.87. The normalized spacial score (nSPS) is 11.1. The van der Waals surface area contributed by atoms with Crippen molar-refractivity contribution in [3.63, 3.8) is 0 Å². The van der Waals surface area contributed by atoms with Crippen LogP contribution in [0.2, 0.25) is 0 Å². The maximum Gasteiger partial charge on any atom is 0.343 e. The molecular weight excluding hydrogens is 585 g/mol. The SMILES string of the molecule is COC(=O)COc1cccc(/C=N\NC(=O)CN(c2ccc(I)cc2)S(=O)(=O)c2ccccc2)c1. The van der Waals surface area contributed by atoms with Crippen LogP contribution in [-0.4, -0.2) is 46.8 Å². The van der Waals surface area contributed by atoms with Crippen molar-refractivity contribution >= 4 is 56.4 Å². The quantitative estimate of drug-likeness (QED) is 0.164. The smallest absolute Gasteiger partial charge is 0.343 e. The summed E-state index contributed by atoms with van der Waals surface area (Å²) in [6, 6.07) is 21.4. The number of carbonyl (C=O) groups excluding carboxylic acids is 2. The Balaban J connectivity index is 1.72. The number of sulfonamides is 1. The first-order valence-corrected chi connectivity index (χ1v) is 12.8. The second-order valence-electron chi connectivity index (χ2n) is 7.03. The van der Waals surface area contributed by atoms with Crippen molar-refractivity contribution in [1.82, 2.24) is 5.43 Å². The Morgan fingerprint density at radius 3 is 2.43 bits per heavy atom. The molecule has 182 valence electrons. The van der Waals surface area contributed by atoms with E-state index in [0.29, 0.717) is 17.0 Å². The molecule has 0 bridgehead atoms. The Morgan fingerprint density at radius 2 is 1.74 bits per heavy atom. The molecular formula is C24H22IN3O6S. The molecule has 3 rings (SSSR count). The van der Waals surface area contributed by atoms with Crippen LogP contribution in [0.25, 0.3) is 0 Å². The third-order valence-corrected chi connectivity index (χ3v) is 7.09. The lowest BCUT2D eigenvalue weighted by Crippen LogP contribution is -2.39. The minimum atomic E-state index is -4.00. The summed E-state index contributed by atoms with van der Waals surface area (Å²) in [5.41, 5.74) is 3.30. The van der Waals surface area contributed by atoms with Gasteiger partial charge in [0.15, 0.2) is 6.61 Å². The highest BCUT2D eigenvalue weighted by molar-refractivity contribution is 14.1. The van der Waals surface area contributed by atoms with Crippen LogP contribution >= 0.6 is 22.6 Å². The summed E-state index contributed by atoms with van der Waals surface area (Å²) in [5.74, 6) is -0.721. The van der Waals surface area contributed by atoms with Crippen LogP contribution in [0, 0.1) is 3.57 Å². The first kappa shape index (κ1) is 26.2. The molecule has 11 heteroatoms. The second kappa shape index (κ2) is 12.3. The van der Waals surface area contributed by atoms with Crippen LogP contribution in [0.1, 0.15) is 5.56 Å². The fourth-order valence-corrected chi connectivity index (χ4v) is 4.67. The molecule has 1 N–H and O–H groups in total. The van der Waals surface area contributed by atoms with E-state index in [1.807, 2.05) is 0 Å². The molecule has 35 heavy (non-hydrogen) atoms. The third-order valence-electron chi connectivity index (χ3n) is 4.58. The predicted octanol–water partition coefficient (Wildman–Crippen LogP) is 3.19. The summed E-state index contributed by atoms with van der Waals surface area (Å²) in [6.07, 6.45) is 1.38. The Morgan fingerprint density at radius 1 is 1.03 bits per heavy atom. The summed E-state index contributed by atoms with van der Waals surface area (Å²) >= 11 is 2.12. The molecule has 0 unspecified atom stereocenters. The molecule has 1 amide bonds. The number of hydrogen-bond donors (Lipinski definition) is 1. The summed E-state index contributed by atoms with van der Waals surface area (Å²) in [4.78, 5) is 23.9. The monoisotopic (exact) mass is 607 g/mol. The molecule has 0 fully saturated rings. The first-order chi connectivity index (χ1) is 16.8. The number of anilines is 1. The zero-order valence-electron chi connectivity index (χ0n) is 18.6. The molecule has 0 spiro atoms. The number of esters is 1. The number of benzene rings is 3. The van der Waals surface area contributed by atoms with Gasteiger partial charge in [0, 0.05) is 3.57 Å². The Hall–Kier alpha value is -3.45. The number of methoxy groups -OCH3 is 1. The highest BCUT2D eigenvalue weighted by Gasteiger charge is 2.27. The van der Waals surface area contributed by atoms with Gasteiger partial charge in [0.1, 0.15) is 12.3 Å². The average Bonchev–Trinajstić information content (AvgIpc) is 2.87. The van der Waals surface area contributed by atoms with Gasteiger partial charge < -0.3 is 9.47 Å². The number of nitrogens with one attached hydrogen (secondary N) is 1. The second-order valence-corrected chi connectivity index (χ2v) is 10.1. The number of hydrazone groups is 1. The lowest BCUT2D eigenvalue weighted by atomic mass is 10.2. The number of carbonyl (C=O) groups is 2. The lowest BCUT2D eigenvalue weighted by Gasteiger charge is -2.23. The van der Waals surface area contributed by atoms with Crippen molar-refractivity contribution in [2.75, 3.05) is 24.6 Å². The standard InChI is InChI=1S/C24H22IN3O6S/c1-33-24(30)17-34-21-7-5-6-18(14-21)15-26-27-23(29)16-28(20-12-10-19(25)11-13-20)35(31,32)22-8-3-2-4-9-22/h2-15H,16-17H2,1H3,(H,27,29)/b26-15-. The first-order valence-electron chi connectivity index (χ1n) is 10.2. The molecule has 0 aliphatic heterocycles. The molecule has 0 saturated carbocycles. The third kappa shape index (κ3) is 7.52. The minimum Gasteiger partial charge on any atom is -0.482 e. The summed E-state index contributed by atoms with van der Waals surface area (Å²) in [6.45, 7) is -0.713. The number of amides is 1. The average molecular weight is 607 g/mol. The molecule has 3 aromatic rings. The van der Waals surface area contributed by atoms with Gasteiger partial charge in [-0.25, -0.2) is 18.6 Å². The number of ether oxygens (including phenoxy) is 2. The van der Waals surface area contributed by atoms with E-state index >= 15 is 0 Å². The van der Waals surface area contributed by atoms with Gasteiger partial charge in [-0.3, -0.25) is 9.10 Å². The van der Waals surface area contributed by atoms with Gasteiger partial charge in [-0.05, 0) is 76.7 Å². The van der Waals surface area contributed by atoms with Gasteiger partial charge in [-0.15, -0.1) is 0 Å². The lowest BCUT2D eigenvalue weighted by molar-refractivity contribution is -0.142. The van der Waals surface area contributed by atoms with Gasteiger partial charge in [0.25, 0.3) is 15.9 Å². The summed E-state index contributed by atoms with van der Waals surface area (Å²) in [5, 5.41) is 3.92. The minimum absolute atomic E-state index is 0.0682. The van der Waals surface area contributed by atoms with E-state index < -0.39 is 28.4 Å². The highest BCUT2D eigenvalue weighted by Crippen LogP contribution is 2.24. The van der Waals surface area contributed by atoms with Crippen molar-refractivity contribution in [2.45, 2.75) is 4.90 Å². The topological polar surface area (TPSA) is 114 Å². The number of halogens is 1. The van der Waals surface area contributed by atoms with Gasteiger partial charge >= 0.3 is 5.97 Å². The summed E-state index contributed by atoms with van der Waals surface area (Å²) < 4.78 is 38.4. The Bertz CT molecular complexity index is 1300. The number of rotatable bonds is 10. The molecule has 0 aliphatic rings. The Kier molecular flexibility index (Phi) is 9.20. The van der Waals surface area contributed by atoms with E-state index in [-0.39, 0.29) is 11.5 Å². The van der Waals surface area contributed by atoms with Crippen LogP contribution in [0.3, 0.4) is 0 Å². The van der Waals surface area contributed by atoms with E-state index in [4.69, 9.17) is 4.74 Å². The molecule has 3 aromatic carbocycles. The van der Waals surface area contributed by atoms with E-state index in [2.05, 4.69) is 37.9 Å². The zero-order chi connectivity index (χ0) is 25.3. The zero-order valence-corrected chi connectivity index (χ0v) is 21.6. The Labute approximate surface area is 216 Å². The van der Waals surface area contributed by atoms with Crippen molar-refractivity contribution in [3.05, 3.63) is 88.0 Å². The van der Waals surface area contributed by atoms with Crippen LogP contribution in [0.15, 0.2) is 88.9 Å². The molecule has 0 heterocycles. The van der Waals surface area contributed by atoms with Crippen LogP contribution < -0.4 is 14.5 Å². The van der Waals surface area contributed by atoms with Gasteiger partial charge in [0.2, 0.25) is 0 Å². The van der Waals surface area contributed by atoms with Crippen LogP contribution in [-0.2, 0) is 24.3 Å². The van der Waals surface area contributed by atoms with Crippen molar-refractivity contribution in [1.29, 1.82) is 0 Å². The van der Waals surface area contributed by atoms with Crippen molar-refractivity contribution < 1.29 is 27.5 Å².